The second kappa shape index (κ2) is 12.2. The third-order valence-electron chi connectivity index (χ3n) is 8.08. The van der Waals surface area contributed by atoms with Crippen molar-refractivity contribution >= 4 is 17.5 Å². The van der Waals surface area contributed by atoms with Gasteiger partial charge in [0.2, 0.25) is 5.91 Å². The zero-order valence-electron chi connectivity index (χ0n) is 21.4. The van der Waals surface area contributed by atoms with Gasteiger partial charge in [0, 0.05) is 55.3 Å². The number of carbonyl (C=O) groups is 1. The number of amides is 1. The maximum absolute atomic E-state index is 14.2. The summed E-state index contributed by atoms with van der Waals surface area (Å²) in [5.74, 6) is -0.917. The molecule has 1 aliphatic carbocycles. The van der Waals surface area contributed by atoms with Gasteiger partial charge in [-0.2, -0.15) is 0 Å². The average Bonchev–Trinajstić information content (AvgIpc) is 3.23. The molecule has 0 spiro atoms. The molecule has 4 rings (SSSR count). The molecule has 1 aliphatic heterocycles. The summed E-state index contributed by atoms with van der Waals surface area (Å²) < 4.78 is 19.4. The van der Waals surface area contributed by atoms with E-state index in [9.17, 15) is 19.4 Å². The summed E-state index contributed by atoms with van der Waals surface area (Å²) in [6.45, 7) is 1.60. The van der Waals surface area contributed by atoms with Gasteiger partial charge in [-0.15, -0.1) is 0 Å². The van der Waals surface area contributed by atoms with Crippen LogP contribution >= 0.6 is 11.6 Å². The number of aliphatic hydroxyl groups excluding tert-OH is 1. The fourth-order valence-corrected chi connectivity index (χ4v) is 6.38. The Morgan fingerprint density at radius 1 is 1.24 bits per heavy atom. The summed E-state index contributed by atoms with van der Waals surface area (Å²) in [5, 5.41) is 23.0. The van der Waals surface area contributed by atoms with Gasteiger partial charge < -0.3 is 25.6 Å². The Morgan fingerprint density at radius 2 is 2.03 bits per heavy atom. The van der Waals surface area contributed by atoms with Crippen LogP contribution < -0.4 is 5.73 Å². The van der Waals surface area contributed by atoms with E-state index >= 15 is 0 Å². The van der Waals surface area contributed by atoms with Crippen LogP contribution in [0.1, 0.15) is 50.5 Å². The second-order valence-corrected chi connectivity index (χ2v) is 11.0. The number of hydrogen-bond donors (Lipinski definition) is 3. The number of methoxy groups -OCH3 is 1. The zero-order chi connectivity index (χ0) is 26.6. The molecule has 37 heavy (non-hydrogen) atoms. The molecule has 2 aromatic rings. The molecule has 2 aliphatic rings. The number of benzene rings is 2. The van der Waals surface area contributed by atoms with Crippen LogP contribution in [0.25, 0.3) is 11.1 Å². The largest absolute Gasteiger partial charge is 0.391 e. The van der Waals surface area contributed by atoms with E-state index in [0.717, 1.165) is 19.3 Å². The third-order valence-corrected chi connectivity index (χ3v) is 8.40. The molecular formula is C29H38ClFN2O4. The van der Waals surface area contributed by atoms with Gasteiger partial charge in [0.25, 0.3) is 0 Å². The number of likely N-dealkylation sites (tertiary alicyclic amines) is 1. The molecule has 0 radical (unpaired) electrons. The number of piperidine rings is 1. The minimum absolute atomic E-state index is 0.00474. The van der Waals surface area contributed by atoms with Gasteiger partial charge in [-0.3, -0.25) is 4.79 Å². The molecule has 0 aromatic heterocycles. The summed E-state index contributed by atoms with van der Waals surface area (Å²) in [6, 6.07) is 11.3. The van der Waals surface area contributed by atoms with E-state index in [2.05, 4.69) is 0 Å². The number of hydrogen-bond acceptors (Lipinski definition) is 5. The molecule has 1 amide bonds. The summed E-state index contributed by atoms with van der Waals surface area (Å²) >= 11 is 6.68. The SMILES string of the molecule is COCCCC[C@@](O)(c1cccc(Cl)c1-c1cccc(F)c1)[C@@H]1CCCN(C(=O)[C@H]2C[C@@H](N)[C@@H](O)C2)C1. The lowest BCUT2D eigenvalue weighted by molar-refractivity contribution is -0.141. The Kier molecular flexibility index (Phi) is 9.24. The van der Waals surface area contributed by atoms with Crippen molar-refractivity contribution < 1.29 is 24.1 Å². The Balaban J connectivity index is 1.68. The van der Waals surface area contributed by atoms with E-state index in [1.54, 1.807) is 25.3 Å². The van der Waals surface area contributed by atoms with Crippen molar-refractivity contribution in [1.82, 2.24) is 4.90 Å². The highest BCUT2D eigenvalue weighted by molar-refractivity contribution is 6.33. The Labute approximate surface area is 223 Å². The van der Waals surface area contributed by atoms with E-state index in [1.165, 1.54) is 12.1 Å². The first-order chi connectivity index (χ1) is 17.7. The number of ether oxygens (including phenoxy) is 1. The van der Waals surface area contributed by atoms with Crippen LogP contribution in [-0.4, -0.2) is 60.0 Å². The summed E-state index contributed by atoms with van der Waals surface area (Å²) in [5.41, 5.74) is 6.56. The standard InChI is InChI=1S/C29H38ClFN2O4/c1-37-14-3-2-12-29(36,23-10-5-11-24(30)27(23)19-7-4-9-22(31)15-19)21-8-6-13-33(18-21)28(35)20-16-25(32)26(34)17-20/h4-5,7,9-11,15,20-21,25-26,34,36H,2-3,6,8,12-14,16-18,32H2,1H3/t20-,21+,25+,26-,29-/m0/s1. The molecular weight excluding hydrogens is 495 g/mol. The summed E-state index contributed by atoms with van der Waals surface area (Å²) in [7, 11) is 1.65. The van der Waals surface area contributed by atoms with Crippen molar-refractivity contribution in [2.24, 2.45) is 17.6 Å². The van der Waals surface area contributed by atoms with Crippen molar-refractivity contribution in [3.63, 3.8) is 0 Å². The monoisotopic (exact) mass is 532 g/mol. The van der Waals surface area contributed by atoms with E-state index in [1.807, 2.05) is 17.0 Å². The molecule has 4 N–H and O–H groups in total. The van der Waals surface area contributed by atoms with Crippen LogP contribution in [0.4, 0.5) is 4.39 Å². The lowest BCUT2D eigenvalue weighted by Gasteiger charge is -2.44. The molecule has 1 saturated heterocycles. The Morgan fingerprint density at radius 3 is 2.73 bits per heavy atom. The predicted octanol–water partition coefficient (Wildman–Crippen LogP) is 4.49. The van der Waals surface area contributed by atoms with Crippen molar-refractivity contribution in [2.75, 3.05) is 26.8 Å². The van der Waals surface area contributed by atoms with Gasteiger partial charge in [0.15, 0.2) is 0 Å². The quantitative estimate of drug-likeness (QED) is 0.414. The van der Waals surface area contributed by atoms with Gasteiger partial charge in [0.05, 0.1) is 11.7 Å². The Bertz CT molecular complexity index is 1080. The fourth-order valence-electron chi connectivity index (χ4n) is 6.10. The maximum atomic E-state index is 14.2. The highest BCUT2D eigenvalue weighted by atomic mass is 35.5. The summed E-state index contributed by atoms with van der Waals surface area (Å²) in [4.78, 5) is 15.2. The lowest BCUT2D eigenvalue weighted by atomic mass is 9.72. The van der Waals surface area contributed by atoms with Gasteiger partial charge in [-0.05, 0) is 74.3 Å². The molecule has 0 unspecified atom stereocenters. The van der Waals surface area contributed by atoms with Crippen LogP contribution in [0.2, 0.25) is 5.02 Å². The van der Waals surface area contributed by atoms with Crippen molar-refractivity contribution in [3.8, 4) is 11.1 Å². The second-order valence-electron chi connectivity index (χ2n) is 10.6. The maximum Gasteiger partial charge on any atom is 0.225 e. The van der Waals surface area contributed by atoms with Crippen molar-refractivity contribution in [1.29, 1.82) is 0 Å². The molecule has 2 fully saturated rings. The predicted molar refractivity (Wildman–Crippen MR) is 142 cm³/mol. The number of nitrogens with zero attached hydrogens (tertiary/aromatic N) is 1. The number of unbranched alkanes of at least 4 members (excludes halogenated alkanes) is 1. The molecule has 1 saturated carbocycles. The van der Waals surface area contributed by atoms with Crippen molar-refractivity contribution in [2.45, 2.75) is 62.7 Å². The highest BCUT2D eigenvalue weighted by Gasteiger charge is 2.44. The lowest BCUT2D eigenvalue weighted by Crippen LogP contribution is -2.49. The molecule has 8 heteroatoms. The Hall–Kier alpha value is -2.03. The molecule has 202 valence electrons. The van der Waals surface area contributed by atoms with Crippen LogP contribution in [0.5, 0.6) is 0 Å². The first-order valence-corrected chi connectivity index (χ1v) is 13.6. The summed E-state index contributed by atoms with van der Waals surface area (Å²) in [6.07, 6.45) is 3.64. The van der Waals surface area contributed by atoms with Crippen molar-refractivity contribution in [3.05, 3.63) is 58.9 Å². The molecule has 5 atom stereocenters. The minimum Gasteiger partial charge on any atom is -0.391 e. The number of carbonyl (C=O) groups excluding carboxylic acids is 1. The topological polar surface area (TPSA) is 96.0 Å². The smallest absolute Gasteiger partial charge is 0.225 e. The van der Waals surface area contributed by atoms with Gasteiger partial charge in [-0.1, -0.05) is 35.9 Å². The number of nitrogens with two attached hydrogens (primary N) is 1. The average molecular weight is 533 g/mol. The fraction of sp³-hybridized carbons (Fsp3) is 0.552. The van der Waals surface area contributed by atoms with Gasteiger partial charge in [-0.25, -0.2) is 4.39 Å². The third kappa shape index (κ3) is 6.18. The van der Waals surface area contributed by atoms with Gasteiger partial charge >= 0.3 is 0 Å². The van der Waals surface area contributed by atoms with Crippen LogP contribution in [-0.2, 0) is 15.1 Å². The van der Waals surface area contributed by atoms with Gasteiger partial charge in [0.1, 0.15) is 5.82 Å². The molecule has 1 heterocycles. The number of rotatable bonds is 9. The molecule has 2 aromatic carbocycles. The van der Waals surface area contributed by atoms with E-state index in [4.69, 9.17) is 22.1 Å². The normalized spacial score (nSPS) is 25.7. The highest BCUT2D eigenvalue weighted by Crippen LogP contribution is 2.46. The first-order valence-electron chi connectivity index (χ1n) is 13.2. The minimum atomic E-state index is -1.29. The van der Waals surface area contributed by atoms with E-state index < -0.39 is 11.7 Å². The van der Waals surface area contributed by atoms with E-state index in [0.29, 0.717) is 67.1 Å². The zero-order valence-corrected chi connectivity index (χ0v) is 22.2. The van der Waals surface area contributed by atoms with Crippen LogP contribution in [0.15, 0.2) is 42.5 Å². The molecule has 6 nitrogen and oxygen atoms in total. The number of halogens is 2. The van der Waals surface area contributed by atoms with Crippen LogP contribution in [0.3, 0.4) is 0 Å². The van der Waals surface area contributed by atoms with E-state index in [-0.39, 0.29) is 29.6 Å². The van der Waals surface area contributed by atoms with Crippen LogP contribution in [0, 0.1) is 17.7 Å². The number of aliphatic hydroxyl groups is 2. The molecule has 0 bridgehead atoms. The first kappa shape index (κ1) is 28.0.